The first-order valence-electron chi connectivity index (χ1n) is 9.92. The van der Waals surface area contributed by atoms with Crippen molar-refractivity contribution in [2.45, 2.75) is 72.0 Å². The number of hydrogen-bond donors (Lipinski definition) is 3. The predicted molar refractivity (Wildman–Crippen MR) is 117 cm³/mol. The van der Waals surface area contributed by atoms with E-state index in [2.05, 4.69) is 6.08 Å². The highest BCUT2D eigenvalue weighted by atomic mass is 35.5. The van der Waals surface area contributed by atoms with Crippen molar-refractivity contribution in [2.24, 2.45) is 5.73 Å². The lowest BCUT2D eigenvalue weighted by Gasteiger charge is -2.18. The van der Waals surface area contributed by atoms with Gasteiger partial charge in [0.15, 0.2) is 5.78 Å². The quantitative estimate of drug-likeness (QED) is 0.546. The summed E-state index contributed by atoms with van der Waals surface area (Å²) in [6, 6.07) is 0. The third-order valence-corrected chi connectivity index (χ3v) is 6.08. The van der Waals surface area contributed by atoms with E-state index in [4.69, 9.17) is 22.1 Å². The van der Waals surface area contributed by atoms with Gasteiger partial charge in [-0.05, 0) is 65.0 Å². The largest absolute Gasteiger partial charge is 0.507 e. The fraction of sp³-hybridized carbons (Fsp3) is 0.478. The Hall–Kier alpha value is -2.31. The molecule has 164 valence electrons. The van der Waals surface area contributed by atoms with Gasteiger partial charge in [-0.3, -0.25) is 9.59 Å². The standard InChI is InChI=1S/C23H30ClNO5/c1-12(7-6-8-13(2)16-11-17(26)23(4,5)30-16)9-10-15-20(27)18(22(25)29)14(3)19(24)21(15)28/h8-9,16,27-28H,6-7,10-11H2,1-5H3,(H2,25,29)/b12-9+,13-8+/t16-/m0/s1. The van der Waals surface area contributed by atoms with E-state index in [9.17, 15) is 19.8 Å². The first kappa shape index (κ1) is 24.0. The average Bonchev–Trinajstić information content (AvgIpc) is 2.92. The number of Topliss-reactive ketones (excluding diaryl/α,β-unsaturated/α-hetero) is 1. The number of carbonyl (C=O) groups is 2. The van der Waals surface area contributed by atoms with Crippen molar-refractivity contribution in [3.8, 4) is 11.5 Å². The predicted octanol–water partition coefficient (Wildman–Crippen LogP) is 4.51. The first-order chi connectivity index (χ1) is 13.9. The maximum absolute atomic E-state index is 11.9. The monoisotopic (exact) mass is 435 g/mol. The van der Waals surface area contributed by atoms with Crippen LogP contribution in [0, 0.1) is 6.92 Å². The van der Waals surface area contributed by atoms with Crippen molar-refractivity contribution in [1.82, 2.24) is 0 Å². The van der Waals surface area contributed by atoms with E-state index >= 15 is 0 Å². The van der Waals surface area contributed by atoms with Crippen LogP contribution in [0.2, 0.25) is 5.02 Å². The number of allylic oxidation sites excluding steroid dienone is 3. The fourth-order valence-electron chi connectivity index (χ4n) is 3.52. The molecule has 1 fully saturated rings. The number of phenols is 2. The number of amides is 1. The second-order valence-corrected chi connectivity index (χ2v) is 8.72. The van der Waals surface area contributed by atoms with E-state index in [1.165, 1.54) is 6.92 Å². The summed E-state index contributed by atoms with van der Waals surface area (Å²) in [4.78, 5) is 23.6. The van der Waals surface area contributed by atoms with Crippen LogP contribution in [0.25, 0.3) is 0 Å². The van der Waals surface area contributed by atoms with Crippen LogP contribution in [-0.2, 0) is 16.0 Å². The summed E-state index contributed by atoms with van der Waals surface area (Å²) in [5.74, 6) is -1.28. The topological polar surface area (TPSA) is 110 Å². The molecule has 1 heterocycles. The number of primary amides is 1. The minimum absolute atomic E-state index is 0.00949. The number of nitrogens with two attached hydrogens (primary N) is 1. The number of rotatable bonds is 7. The van der Waals surface area contributed by atoms with Crippen LogP contribution in [0.3, 0.4) is 0 Å². The second kappa shape index (κ2) is 9.23. The summed E-state index contributed by atoms with van der Waals surface area (Å²) in [5.41, 5.74) is 7.04. The normalized spacial score (nSPS) is 19.4. The number of phenolic OH excluding ortho intramolecular Hbond substituents is 1. The van der Waals surface area contributed by atoms with Crippen LogP contribution in [0.4, 0.5) is 0 Å². The molecule has 1 aliphatic heterocycles. The molecule has 1 atom stereocenters. The Labute approximate surface area is 182 Å². The lowest BCUT2D eigenvalue weighted by Crippen LogP contribution is -2.27. The zero-order valence-corrected chi connectivity index (χ0v) is 18.9. The van der Waals surface area contributed by atoms with E-state index in [0.717, 1.165) is 24.0 Å². The fourth-order valence-corrected chi connectivity index (χ4v) is 3.73. The van der Waals surface area contributed by atoms with Crippen LogP contribution in [0.5, 0.6) is 11.5 Å². The zero-order valence-electron chi connectivity index (χ0n) is 18.1. The van der Waals surface area contributed by atoms with Gasteiger partial charge >= 0.3 is 0 Å². The summed E-state index contributed by atoms with van der Waals surface area (Å²) in [6.07, 6.45) is 5.90. The van der Waals surface area contributed by atoms with Crippen molar-refractivity contribution in [3.63, 3.8) is 0 Å². The smallest absolute Gasteiger partial charge is 0.252 e. The first-order valence-corrected chi connectivity index (χ1v) is 10.3. The summed E-state index contributed by atoms with van der Waals surface area (Å²) in [5, 5.41) is 20.7. The number of halogens is 1. The third kappa shape index (κ3) is 5.05. The Kier molecular flexibility index (Phi) is 7.37. The minimum Gasteiger partial charge on any atom is -0.507 e. The number of aromatic hydroxyl groups is 2. The van der Waals surface area contributed by atoms with Gasteiger partial charge in [0.25, 0.3) is 5.91 Å². The van der Waals surface area contributed by atoms with Gasteiger partial charge in [0.05, 0.1) is 16.7 Å². The van der Waals surface area contributed by atoms with Crippen molar-refractivity contribution >= 4 is 23.3 Å². The SMILES string of the molecule is C/C(=C\Cc1c(O)c(Cl)c(C)c(C(N)=O)c1O)CC/C=C(\C)[C@@H]1CC(=O)C(C)(C)O1. The highest BCUT2D eigenvalue weighted by molar-refractivity contribution is 6.33. The van der Waals surface area contributed by atoms with Crippen molar-refractivity contribution in [3.05, 3.63) is 45.0 Å². The Bertz CT molecular complexity index is 930. The maximum atomic E-state index is 11.9. The van der Waals surface area contributed by atoms with Crippen molar-refractivity contribution < 1.29 is 24.5 Å². The van der Waals surface area contributed by atoms with Crippen molar-refractivity contribution in [1.29, 1.82) is 0 Å². The van der Waals surface area contributed by atoms with Crippen LogP contribution in [0.15, 0.2) is 23.3 Å². The zero-order chi connectivity index (χ0) is 22.8. The molecule has 1 saturated heterocycles. The number of ether oxygens (including phenoxy) is 1. The van der Waals surface area contributed by atoms with Gasteiger partial charge in [0, 0.05) is 12.0 Å². The van der Waals surface area contributed by atoms with Gasteiger partial charge in [-0.15, -0.1) is 0 Å². The van der Waals surface area contributed by atoms with E-state index < -0.39 is 11.5 Å². The van der Waals surface area contributed by atoms with Crippen LogP contribution >= 0.6 is 11.6 Å². The van der Waals surface area contributed by atoms with E-state index in [1.54, 1.807) is 13.8 Å². The van der Waals surface area contributed by atoms with E-state index in [-0.39, 0.29) is 51.5 Å². The molecule has 0 aliphatic carbocycles. The number of hydrogen-bond acceptors (Lipinski definition) is 5. The lowest BCUT2D eigenvalue weighted by atomic mass is 9.97. The molecule has 0 bridgehead atoms. The Morgan fingerprint density at radius 3 is 2.43 bits per heavy atom. The molecule has 6 nitrogen and oxygen atoms in total. The average molecular weight is 436 g/mol. The Morgan fingerprint density at radius 1 is 1.27 bits per heavy atom. The molecular formula is C23H30ClNO5. The minimum atomic E-state index is -0.801. The molecule has 0 saturated carbocycles. The third-order valence-electron chi connectivity index (χ3n) is 5.61. The number of carbonyl (C=O) groups excluding carboxylic acids is 2. The van der Waals surface area contributed by atoms with Crippen molar-refractivity contribution in [2.75, 3.05) is 0 Å². The van der Waals surface area contributed by atoms with Crippen LogP contribution in [-0.4, -0.2) is 33.6 Å². The highest BCUT2D eigenvalue weighted by Crippen LogP contribution is 2.41. The molecule has 0 radical (unpaired) electrons. The molecule has 1 aliphatic rings. The van der Waals surface area contributed by atoms with Gasteiger partial charge in [0.1, 0.15) is 17.1 Å². The highest BCUT2D eigenvalue weighted by Gasteiger charge is 2.40. The molecule has 30 heavy (non-hydrogen) atoms. The summed E-state index contributed by atoms with van der Waals surface area (Å²) in [6.45, 7) is 9.02. The van der Waals surface area contributed by atoms with Crippen LogP contribution in [0.1, 0.15) is 68.4 Å². The molecule has 0 aromatic heterocycles. The number of benzene rings is 1. The molecule has 1 aromatic rings. The Balaban J connectivity index is 2.06. The van der Waals surface area contributed by atoms with Gasteiger partial charge < -0.3 is 20.7 Å². The molecule has 1 aromatic carbocycles. The van der Waals surface area contributed by atoms with E-state index in [1.807, 2.05) is 19.9 Å². The molecule has 0 unspecified atom stereocenters. The molecular weight excluding hydrogens is 406 g/mol. The summed E-state index contributed by atoms with van der Waals surface area (Å²) in [7, 11) is 0. The maximum Gasteiger partial charge on any atom is 0.252 e. The molecule has 7 heteroatoms. The van der Waals surface area contributed by atoms with Gasteiger partial charge in [-0.25, -0.2) is 0 Å². The molecule has 4 N–H and O–H groups in total. The summed E-state index contributed by atoms with van der Waals surface area (Å²) < 4.78 is 5.83. The summed E-state index contributed by atoms with van der Waals surface area (Å²) >= 11 is 6.10. The second-order valence-electron chi connectivity index (χ2n) is 8.34. The Morgan fingerprint density at radius 2 is 1.90 bits per heavy atom. The van der Waals surface area contributed by atoms with E-state index in [0.29, 0.717) is 6.42 Å². The molecule has 2 rings (SSSR count). The van der Waals surface area contributed by atoms with Gasteiger partial charge in [0.2, 0.25) is 0 Å². The molecule has 0 spiro atoms. The van der Waals surface area contributed by atoms with Crippen LogP contribution < -0.4 is 5.73 Å². The van der Waals surface area contributed by atoms with Gasteiger partial charge in [-0.1, -0.05) is 29.3 Å². The number of ketones is 1. The van der Waals surface area contributed by atoms with Gasteiger partial charge in [-0.2, -0.15) is 0 Å². The lowest BCUT2D eigenvalue weighted by molar-refractivity contribution is -0.129. The molecule has 1 amide bonds.